The number of benzene rings is 4. The van der Waals surface area contributed by atoms with Gasteiger partial charge in [-0.2, -0.15) is 0 Å². The van der Waals surface area contributed by atoms with Crippen LogP contribution in [0.4, 0.5) is 0 Å². The van der Waals surface area contributed by atoms with Gasteiger partial charge in [-0.25, -0.2) is 0 Å². The maximum absolute atomic E-state index is 15.1. The molecule has 0 saturated carbocycles. The monoisotopic (exact) mass is 712 g/mol. The highest BCUT2D eigenvalue weighted by molar-refractivity contribution is 6.09. The average Bonchev–Trinajstić information content (AvgIpc) is 3.17. The van der Waals surface area contributed by atoms with E-state index in [0.717, 1.165) is 11.1 Å². The third-order valence-electron chi connectivity index (χ3n) is 10.2. The first-order valence-electron chi connectivity index (χ1n) is 18.3. The largest absolute Gasteiger partial charge is 0.370 e. The van der Waals surface area contributed by atoms with E-state index < -0.39 is 11.8 Å². The Hall–Kier alpha value is -5.58. The van der Waals surface area contributed by atoms with Crippen LogP contribution >= 0.6 is 0 Å². The number of hydrogen-bond donors (Lipinski definition) is 2. The molecule has 274 valence electrons. The standard InChI is InChI=1S/C43H48N6O4/c1-4-36(31-17-10-6-11-18-31)45-42(52)41-37(28-47-23-25-48(26-24-47)29-39(51)46(2)3)49(32-19-12-7-13-20-32)43(53)34-22-14-21-33(40(34)41)35(27-38(44)50)30-15-8-5-9-16-30/h5-22,35-36H,4,23-29H2,1-3H3,(H2,44,50)(H,45,52)/t35-,36-/m0/s1. The summed E-state index contributed by atoms with van der Waals surface area (Å²) in [6, 6.07) is 34.1. The lowest BCUT2D eigenvalue weighted by Crippen LogP contribution is -2.49. The van der Waals surface area contributed by atoms with Crippen molar-refractivity contribution < 1.29 is 14.4 Å². The van der Waals surface area contributed by atoms with Crippen LogP contribution in [0.2, 0.25) is 0 Å². The molecule has 1 saturated heterocycles. The number of amides is 3. The number of para-hydroxylation sites is 1. The van der Waals surface area contributed by atoms with E-state index in [1.165, 1.54) is 0 Å². The second-order valence-corrected chi connectivity index (χ2v) is 13.9. The van der Waals surface area contributed by atoms with Gasteiger partial charge in [-0.15, -0.1) is 0 Å². The molecule has 6 rings (SSSR count). The summed E-state index contributed by atoms with van der Waals surface area (Å²) in [6.45, 7) is 5.28. The van der Waals surface area contributed by atoms with Crippen LogP contribution in [0.3, 0.4) is 0 Å². The van der Waals surface area contributed by atoms with Gasteiger partial charge in [0.15, 0.2) is 0 Å². The fourth-order valence-electron chi connectivity index (χ4n) is 7.34. The highest BCUT2D eigenvalue weighted by atomic mass is 16.2. The van der Waals surface area contributed by atoms with Crippen molar-refractivity contribution in [2.45, 2.75) is 38.3 Å². The smallest absolute Gasteiger partial charge is 0.263 e. The Kier molecular flexibility index (Phi) is 11.8. The molecule has 2 atom stereocenters. The van der Waals surface area contributed by atoms with E-state index in [1.807, 2.05) is 110 Å². The van der Waals surface area contributed by atoms with Crippen molar-refractivity contribution in [3.63, 3.8) is 0 Å². The quantitative estimate of drug-likeness (QED) is 0.176. The van der Waals surface area contributed by atoms with Crippen molar-refractivity contribution in [3.8, 4) is 5.69 Å². The SMILES string of the molecule is CC[C@H](NC(=O)c1c(CN2CCN(CC(=O)N(C)C)CC2)n(-c2ccccc2)c(=O)c2cccc([C@@H](CC(N)=O)c3ccccc3)c12)c1ccccc1. The molecule has 0 bridgehead atoms. The van der Waals surface area contributed by atoms with E-state index in [4.69, 9.17) is 5.73 Å². The molecule has 10 heteroatoms. The third-order valence-corrected chi connectivity index (χ3v) is 10.2. The summed E-state index contributed by atoms with van der Waals surface area (Å²) in [4.78, 5) is 61.2. The molecular formula is C43H48N6O4. The first kappa shape index (κ1) is 37.2. The van der Waals surface area contributed by atoms with Gasteiger partial charge in [-0.1, -0.05) is 97.9 Å². The Balaban J connectivity index is 1.58. The van der Waals surface area contributed by atoms with E-state index in [0.29, 0.717) is 79.0 Å². The lowest BCUT2D eigenvalue weighted by atomic mass is 9.83. The van der Waals surface area contributed by atoms with Crippen molar-refractivity contribution in [3.05, 3.63) is 147 Å². The van der Waals surface area contributed by atoms with Gasteiger partial charge in [0.1, 0.15) is 0 Å². The normalized spacial score (nSPS) is 14.8. The molecule has 1 fully saturated rings. The molecule has 0 aliphatic carbocycles. The van der Waals surface area contributed by atoms with Crippen molar-refractivity contribution in [2.75, 3.05) is 46.8 Å². The summed E-state index contributed by atoms with van der Waals surface area (Å²) in [6.07, 6.45) is 0.645. The molecule has 2 heterocycles. The van der Waals surface area contributed by atoms with Gasteiger partial charge in [0.05, 0.1) is 23.8 Å². The lowest BCUT2D eigenvalue weighted by Gasteiger charge is -2.35. The van der Waals surface area contributed by atoms with Crippen LogP contribution in [-0.4, -0.2) is 83.8 Å². The van der Waals surface area contributed by atoms with Gasteiger partial charge in [0.25, 0.3) is 11.5 Å². The Labute approximate surface area is 310 Å². The van der Waals surface area contributed by atoms with E-state index in [2.05, 4.69) is 15.1 Å². The topological polar surface area (TPSA) is 121 Å². The van der Waals surface area contributed by atoms with Crippen LogP contribution < -0.4 is 16.6 Å². The lowest BCUT2D eigenvalue weighted by molar-refractivity contribution is -0.130. The Morgan fingerprint density at radius 1 is 0.774 bits per heavy atom. The number of nitrogens with zero attached hydrogens (tertiary/aromatic N) is 4. The number of aromatic nitrogens is 1. The van der Waals surface area contributed by atoms with E-state index in [1.54, 1.807) is 29.6 Å². The van der Waals surface area contributed by atoms with Crippen molar-refractivity contribution >= 4 is 28.5 Å². The van der Waals surface area contributed by atoms with Crippen molar-refractivity contribution in [1.29, 1.82) is 0 Å². The maximum atomic E-state index is 15.1. The number of hydrogen-bond acceptors (Lipinski definition) is 6. The molecule has 4 aromatic carbocycles. The number of nitrogens with one attached hydrogen (secondary N) is 1. The highest BCUT2D eigenvalue weighted by Gasteiger charge is 2.31. The minimum atomic E-state index is -0.502. The summed E-state index contributed by atoms with van der Waals surface area (Å²) in [7, 11) is 3.52. The van der Waals surface area contributed by atoms with Crippen LogP contribution in [-0.2, 0) is 16.1 Å². The van der Waals surface area contributed by atoms with Crippen LogP contribution in [0.1, 0.15) is 64.5 Å². The first-order valence-corrected chi connectivity index (χ1v) is 18.3. The van der Waals surface area contributed by atoms with E-state index in [9.17, 15) is 14.4 Å². The molecule has 10 nitrogen and oxygen atoms in total. The third kappa shape index (κ3) is 8.40. The first-order chi connectivity index (χ1) is 25.7. The number of rotatable bonds is 13. The molecule has 3 amide bonds. The summed E-state index contributed by atoms with van der Waals surface area (Å²) in [5.74, 6) is -1.25. The molecule has 0 radical (unpaired) electrons. The number of likely N-dealkylation sites (N-methyl/N-ethyl adjacent to an activating group) is 1. The predicted molar refractivity (Wildman–Crippen MR) is 209 cm³/mol. The molecular weight excluding hydrogens is 665 g/mol. The zero-order chi connectivity index (χ0) is 37.5. The average molecular weight is 713 g/mol. The summed E-state index contributed by atoms with van der Waals surface area (Å²) >= 11 is 0. The predicted octanol–water partition coefficient (Wildman–Crippen LogP) is 5.08. The number of nitrogens with two attached hydrogens (primary N) is 1. The molecule has 53 heavy (non-hydrogen) atoms. The maximum Gasteiger partial charge on any atom is 0.263 e. The van der Waals surface area contributed by atoms with Crippen molar-refractivity contribution in [2.24, 2.45) is 5.73 Å². The van der Waals surface area contributed by atoms with E-state index in [-0.39, 0.29) is 29.8 Å². The highest BCUT2D eigenvalue weighted by Crippen LogP contribution is 2.36. The second-order valence-electron chi connectivity index (χ2n) is 13.9. The van der Waals surface area contributed by atoms with Gasteiger partial charge >= 0.3 is 0 Å². The molecule has 5 aromatic rings. The van der Waals surface area contributed by atoms with Crippen molar-refractivity contribution in [1.82, 2.24) is 24.6 Å². The number of carbonyl (C=O) groups is 3. The molecule has 1 aromatic heterocycles. The summed E-state index contributed by atoms with van der Waals surface area (Å²) in [5, 5.41) is 4.24. The zero-order valence-electron chi connectivity index (χ0n) is 30.7. The zero-order valence-corrected chi connectivity index (χ0v) is 30.7. The van der Waals surface area contributed by atoms with Gasteiger partial charge in [-0.05, 0) is 41.3 Å². The van der Waals surface area contributed by atoms with Gasteiger partial charge in [-0.3, -0.25) is 33.5 Å². The molecule has 1 aliphatic heterocycles. The molecule has 3 N–H and O–H groups in total. The van der Waals surface area contributed by atoms with E-state index >= 15 is 4.79 Å². The number of carbonyl (C=O) groups excluding carboxylic acids is 3. The summed E-state index contributed by atoms with van der Waals surface area (Å²) < 4.78 is 1.68. The Morgan fingerprint density at radius 2 is 1.36 bits per heavy atom. The Bertz CT molecular complexity index is 2110. The van der Waals surface area contributed by atoms with Crippen LogP contribution in [0.15, 0.2) is 114 Å². The minimum Gasteiger partial charge on any atom is -0.370 e. The van der Waals surface area contributed by atoms with Gasteiger partial charge in [0.2, 0.25) is 11.8 Å². The fraction of sp³-hybridized carbons (Fsp3) is 0.302. The Morgan fingerprint density at radius 3 is 1.94 bits per heavy atom. The number of primary amides is 1. The molecule has 0 unspecified atom stereocenters. The number of piperazine rings is 1. The fourth-order valence-corrected chi connectivity index (χ4v) is 7.34. The van der Waals surface area contributed by atoms with Crippen LogP contribution in [0.5, 0.6) is 0 Å². The second kappa shape index (κ2) is 16.8. The molecule has 0 spiro atoms. The minimum absolute atomic E-state index is 0.00345. The summed E-state index contributed by atoms with van der Waals surface area (Å²) in [5.41, 5.74) is 9.76. The van der Waals surface area contributed by atoms with Gasteiger partial charge < -0.3 is 16.0 Å². The molecule has 1 aliphatic rings. The number of pyridine rings is 1. The van der Waals surface area contributed by atoms with Gasteiger partial charge in [0, 0.05) is 75.6 Å². The van der Waals surface area contributed by atoms with Crippen LogP contribution in [0, 0.1) is 0 Å². The number of fused-ring (bicyclic) bond motifs is 1. The van der Waals surface area contributed by atoms with Crippen LogP contribution in [0.25, 0.3) is 16.5 Å².